The predicted octanol–water partition coefficient (Wildman–Crippen LogP) is 8.20. The summed E-state index contributed by atoms with van der Waals surface area (Å²) < 4.78 is 0. The van der Waals surface area contributed by atoms with Crippen LogP contribution in [0.5, 0.6) is 0 Å². The van der Waals surface area contributed by atoms with Crippen LogP contribution in [-0.4, -0.2) is 67.2 Å². The summed E-state index contributed by atoms with van der Waals surface area (Å²) in [5.41, 5.74) is 13.0. The first kappa shape index (κ1) is 40.7. The van der Waals surface area contributed by atoms with E-state index in [1.165, 1.54) is 0 Å². The minimum Gasteiger partial charge on any atom is -0.481 e. The van der Waals surface area contributed by atoms with Crippen LogP contribution in [-0.2, 0) is 44.9 Å². The van der Waals surface area contributed by atoms with Crippen molar-refractivity contribution in [3.8, 4) is 0 Å². The van der Waals surface area contributed by atoms with E-state index in [1.54, 1.807) is 48.5 Å². The molecule has 312 valence electrons. The normalized spacial score (nSPS) is 16.1. The van der Waals surface area contributed by atoms with Crippen LogP contribution in [0, 0.1) is 0 Å². The number of aliphatic imine (C=N–C) groups is 4. The summed E-state index contributed by atoms with van der Waals surface area (Å²) in [6, 6.07) is 29.0. The maximum atomic E-state index is 11.6. The molecule has 0 unspecified atom stereocenters. The lowest BCUT2D eigenvalue weighted by Crippen LogP contribution is -2.05. The topological polar surface area (TPSA) is 199 Å². The van der Waals surface area contributed by atoms with Gasteiger partial charge in [-0.2, -0.15) is 0 Å². The van der Waals surface area contributed by atoms with Gasteiger partial charge in [-0.1, -0.05) is 97.1 Å². The van der Waals surface area contributed by atoms with Crippen LogP contribution < -0.4 is 0 Å². The largest absolute Gasteiger partial charge is 0.481 e. The zero-order valence-corrected chi connectivity index (χ0v) is 33.9. The zero-order valence-electron chi connectivity index (χ0n) is 33.9. The molecule has 0 atom stereocenters. The van der Waals surface area contributed by atoms with Crippen molar-refractivity contribution in [3.05, 3.63) is 213 Å². The second kappa shape index (κ2) is 17.0. The third-order valence-electron chi connectivity index (χ3n) is 11.0. The third-order valence-corrected chi connectivity index (χ3v) is 11.0. The Bertz CT molecular complexity index is 2670. The van der Waals surface area contributed by atoms with Crippen molar-refractivity contribution in [2.45, 2.75) is 25.7 Å². The number of carboxylic acids is 4. The molecule has 9 rings (SSSR count). The van der Waals surface area contributed by atoms with Crippen molar-refractivity contribution in [2.75, 3.05) is 0 Å². The molecule has 8 bridgehead atoms. The monoisotopic (exact) mass is 844 g/mol. The van der Waals surface area contributed by atoms with E-state index in [0.717, 1.165) is 22.3 Å². The van der Waals surface area contributed by atoms with Gasteiger partial charge in [-0.3, -0.25) is 19.2 Å². The molecule has 4 aromatic rings. The fourth-order valence-electron chi connectivity index (χ4n) is 8.13. The molecule has 5 aliphatic heterocycles. The third kappa shape index (κ3) is 8.48. The molecule has 5 aliphatic rings. The van der Waals surface area contributed by atoms with Crippen LogP contribution in [0.1, 0.15) is 44.5 Å². The molecule has 0 amide bonds. The van der Waals surface area contributed by atoms with E-state index in [2.05, 4.69) is 0 Å². The molecule has 5 heterocycles. The highest BCUT2D eigenvalue weighted by atomic mass is 16.4. The molecule has 12 heteroatoms. The van der Waals surface area contributed by atoms with Crippen LogP contribution in [0.25, 0.3) is 22.3 Å². The van der Waals surface area contributed by atoms with Crippen molar-refractivity contribution in [1.29, 1.82) is 0 Å². The molecule has 12 nitrogen and oxygen atoms in total. The van der Waals surface area contributed by atoms with Gasteiger partial charge in [-0.05, 0) is 93.1 Å². The van der Waals surface area contributed by atoms with Crippen molar-refractivity contribution >= 4 is 69.0 Å². The first-order valence-electron chi connectivity index (χ1n) is 20.3. The van der Waals surface area contributed by atoms with Gasteiger partial charge in [0.25, 0.3) is 0 Å². The summed E-state index contributed by atoms with van der Waals surface area (Å²) >= 11 is 0. The number of benzene rings is 4. The van der Waals surface area contributed by atoms with Crippen molar-refractivity contribution < 1.29 is 39.6 Å². The van der Waals surface area contributed by atoms with E-state index in [1.807, 2.05) is 97.1 Å². The van der Waals surface area contributed by atoms with Crippen molar-refractivity contribution in [2.24, 2.45) is 20.0 Å². The average molecular weight is 845 g/mol. The molecule has 0 aromatic heterocycles. The molecule has 0 saturated carbocycles. The minimum atomic E-state index is -0.945. The highest BCUT2D eigenvalue weighted by Gasteiger charge is 2.28. The summed E-state index contributed by atoms with van der Waals surface area (Å²) in [6.07, 6.45) is 14.6. The number of rotatable bonds is 12. The first-order chi connectivity index (χ1) is 30.9. The van der Waals surface area contributed by atoms with Gasteiger partial charge in [0.05, 0.1) is 71.3 Å². The Morgan fingerprint density at radius 2 is 0.484 bits per heavy atom. The lowest BCUT2D eigenvalue weighted by Gasteiger charge is -2.13. The molecule has 0 spiro atoms. The number of carbonyl (C=O) groups is 4. The van der Waals surface area contributed by atoms with E-state index in [9.17, 15) is 39.6 Å². The van der Waals surface area contributed by atoms with E-state index in [-0.39, 0.29) is 25.7 Å². The van der Waals surface area contributed by atoms with E-state index < -0.39 is 23.9 Å². The average Bonchev–Trinajstić information content (AvgIpc) is 4.11. The number of allylic oxidation sites excluding steroid dienone is 12. The summed E-state index contributed by atoms with van der Waals surface area (Å²) in [6.45, 7) is 0. The van der Waals surface area contributed by atoms with E-state index in [4.69, 9.17) is 20.0 Å². The van der Waals surface area contributed by atoms with Crippen LogP contribution in [0.15, 0.2) is 188 Å². The molecule has 64 heavy (non-hydrogen) atoms. The van der Waals surface area contributed by atoms with Crippen LogP contribution >= 0.6 is 0 Å². The summed E-state index contributed by atoms with van der Waals surface area (Å²) in [5.74, 6) is -3.78. The molecule has 0 radical (unpaired) electrons. The molecule has 0 saturated heterocycles. The van der Waals surface area contributed by atoms with E-state index in [0.29, 0.717) is 90.2 Å². The zero-order chi connectivity index (χ0) is 44.5. The fourth-order valence-corrected chi connectivity index (χ4v) is 8.13. The molecule has 4 aromatic carbocycles. The van der Waals surface area contributed by atoms with Crippen molar-refractivity contribution in [1.82, 2.24) is 0 Å². The number of nitrogens with zero attached hydrogens (tertiary/aromatic N) is 4. The molecular weight excluding hydrogens is 809 g/mol. The van der Waals surface area contributed by atoms with Gasteiger partial charge in [-0.25, -0.2) is 20.0 Å². The molecular formula is C52H36N4O8. The van der Waals surface area contributed by atoms with Gasteiger partial charge in [0, 0.05) is 22.3 Å². The number of aliphatic carboxylic acids is 4. The number of carboxylic acid groups (broad SMARTS) is 4. The molecule has 4 N–H and O–H groups in total. The summed E-state index contributed by atoms with van der Waals surface area (Å²) in [4.78, 5) is 67.2. The van der Waals surface area contributed by atoms with Crippen LogP contribution in [0.3, 0.4) is 0 Å². The number of hydrogen-bond acceptors (Lipinski definition) is 8. The molecule has 0 aliphatic carbocycles. The Morgan fingerprint density at radius 3 is 0.656 bits per heavy atom. The first-order valence-corrected chi connectivity index (χ1v) is 20.3. The minimum absolute atomic E-state index is 0.140. The Labute approximate surface area is 366 Å². The fraction of sp³-hybridized carbons (Fsp3) is 0.0769. The Morgan fingerprint density at radius 1 is 0.297 bits per heavy atom. The second-order valence-corrected chi connectivity index (χ2v) is 15.4. The van der Waals surface area contributed by atoms with Gasteiger partial charge in [0.15, 0.2) is 0 Å². The van der Waals surface area contributed by atoms with Crippen molar-refractivity contribution in [3.63, 3.8) is 0 Å². The summed E-state index contributed by atoms with van der Waals surface area (Å²) in [7, 11) is 0. The molecule has 0 fully saturated rings. The van der Waals surface area contributed by atoms with Crippen LogP contribution in [0.2, 0.25) is 0 Å². The number of hydrogen-bond donors (Lipinski definition) is 4. The van der Waals surface area contributed by atoms with Gasteiger partial charge in [0.2, 0.25) is 0 Å². The highest BCUT2D eigenvalue weighted by Crippen LogP contribution is 2.39. The highest BCUT2D eigenvalue weighted by molar-refractivity contribution is 6.39. The number of fused-ring (bicyclic) bond motifs is 4. The quantitative estimate of drug-likeness (QED) is 0.109. The Hall–Kier alpha value is -8.64. The predicted molar refractivity (Wildman–Crippen MR) is 245 cm³/mol. The SMILES string of the molecule is O=C(O)Cc1ccc(C2=C3C=CC(=N3)C(c3ccc(CC(=O)O)cc3)=C3C=CC(=N3)C(c3ccc(CC(=O)O)cc3)=C3C=CC(=N3)C(c3ccc(CC(=O)O)cc3)=C3C=CC2=N3)cc1. The van der Waals surface area contributed by atoms with Crippen LogP contribution in [0.4, 0.5) is 0 Å². The van der Waals surface area contributed by atoms with Gasteiger partial charge in [0.1, 0.15) is 0 Å². The smallest absolute Gasteiger partial charge is 0.307 e. The lowest BCUT2D eigenvalue weighted by molar-refractivity contribution is -0.137. The summed E-state index contributed by atoms with van der Waals surface area (Å²) in [5, 5.41) is 37.9. The van der Waals surface area contributed by atoms with Gasteiger partial charge in [-0.15, -0.1) is 0 Å². The maximum Gasteiger partial charge on any atom is 0.307 e. The van der Waals surface area contributed by atoms with Gasteiger partial charge < -0.3 is 20.4 Å². The maximum absolute atomic E-state index is 11.6. The Kier molecular flexibility index (Phi) is 10.8. The lowest BCUT2D eigenvalue weighted by atomic mass is 9.97. The Balaban J connectivity index is 1.30. The van der Waals surface area contributed by atoms with E-state index >= 15 is 0 Å². The van der Waals surface area contributed by atoms with Gasteiger partial charge >= 0.3 is 23.9 Å². The second-order valence-electron chi connectivity index (χ2n) is 15.4. The standard InChI is InChI=1S/C52H36N4O8/c57-45(58)25-29-1-9-33(10-2-29)49-37-17-19-39(53-37)50(34-11-3-30(4-12-34)26-46(59)60)41-21-23-43(55-41)52(36-15-7-32(8-16-36)28-48(63)64)44-24-22-42(56-44)51(40-20-18-38(49)54-40)35-13-5-31(6-14-35)27-47(61)62/h1-24H,25-28H2,(H,57,58)(H,59,60)(H,61,62)(H,63,64).